The predicted octanol–water partition coefficient (Wildman–Crippen LogP) is 3.49. The van der Waals surface area contributed by atoms with Crippen LogP contribution in [0, 0.1) is 5.82 Å². The first-order valence-electron chi connectivity index (χ1n) is 8.17. The zero-order chi connectivity index (χ0) is 18.1. The number of aromatic amines is 1. The van der Waals surface area contributed by atoms with Gasteiger partial charge in [0.15, 0.2) is 5.16 Å². The Kier molecular flexibility index (Phi) is 4.34. The third-order valence-corrected chi connectivity index (χ3v) is 5.01. The van der Waals surface area contributed by atoms with Crippen LogP contribution < -0.4 is 4.90 Å². The second-order valence-corrected chi connectivity index (χ2v) is 6.61. The lowest BCUT2D eigenvalue weighted by molar-refractivity contribution is -0.116. The van der Waals surface area contributed by atoms with Crippen molar-refractivity contribution >= 4 is 40.2 Å². The number of H-pyrrole nitrogens is 1. The van der Waals surface area contributed by atoms with Gasteiger partial charge in [-0.3, -0.25) is 9.20 Å². The molecule has 0 aliphatic rings. The highest BCUT2D eigenvalue weighted by Gasteiger charge is 2.17. The van der Waals surface area contributed by atoms with E-state index in [9.17, 15) is 9.18 Å². The van der Waals surface area contributed by atoms with Gasteiger partial charge in [-0.25, -0.2) is 14.5 Å². The molecule has 0 bridgehead atoms. The third-order valence-electron chi connectivity index (χ3n) is 4.08. The lowest BCUT2D eigenvalue weighted by Crippen LogP contribution is -2.32. The summed E-state index contributed by atoms with van der Waals surface area (Å²) in [5, 5.41) is 7.84. The van der Waals surface area contributed by atoms with Crippen molar-refractivity contribution in [3.63, 3.8) is 0 Å². The number of halogens is 1. The summed E-state index contributed by atoms with van der Waals surface area (Å²) < 4.78 is 15.0. The molecule has 2 aromatic carbocycles. The molecular formula is C18H16FN5OS. The third kappa shape index (κ3) is 2.92. The van der Waals surface area contributed by atoms with Crippen molar-refractivity contribution in [1.29, 1.82) is 0 Å². The van der Waals surface area contributed by atoms with Crippen LogP contribution in [0.4, 0.5) is 10.1 Å². The van der Waals surface area contributed by atoms with Gasteiger partial charge in [0.05, 0.1) is 16.8 Å². The molecule has 0 radical (unpaired) electrons. The van der Waals surface area contributed by atoms with E-state index >= 15 is 0 Å². The van der Waals surface area contributed by atoms with Crippen LogP contribution in [-0.2, 0) is 4.79 Å². The molecule has 6 nitrogen and oxygen atoms in total. The number of hydrogen-bond donors (Lipinski definition) is 1. The summed E-state index contributed by atoms with van der Waals surface area (Å²) in [5.74, 6) is 0.478. The Morgan fingerprint density at radius 3 is 2.77 bits per heavy atom. The van der Waals surface area contributed by atoms with Gasteiger partial charge >= 0.3 is 0 Å². The number of nitrogens with one attached hydrogen (secondary N) is 1. The van der Waals surface area contributed by atoms with Crippen LogP contribution in [0.15, 0.2) is 53.7 Å². The summed E-state index contributed by atoms with van der Waals surface area (Å²) in [7, 11) is 0. The molecule has 0 unspecified atom stereocenters. The first kappa shape index (κ1) is 16.6. The summed E-state index contributed by atoms with van der Waals surface area (Å²) in [4.78, 5) is 18.7. The van der Waals surface area contributed by atoms with Crippen molar-refractivity contribution < 1.29 is 9.18 Å². The first-order valence-corrected chi connectivity index (χ1v) is 9.16. The topological polar surface area (TPSA) is 66.3 Å². The zero-order valence-corrected chi connectivity index (χ0v) is 14.8. The standard InChI is InChI=1S/C18H16FN5OS/c1-2-23(13-9-7-12(19)8-10-13)16(25)11-26-18-22-21-17-20-14-5-3-4-6-15(14)24(17)18/h3-10H,2,11H2,1H3,(H,20,21). The molecule has 0 aliphatic carbocycles. The summed E-state index contributed by atoms with van der Waals surface area (Å²) in [6.07, 6.45) is 0. The smallest absolute Gasteiger partial charge is 0.237 e. The lowest BCUT2D eigenvalue weighted by atomic mass is 10.3. The molecule has 0 spiro atoms. The quantitative estimate of drug-likeness (QED) is 0.547. The summed E-state index contributed by atoms with van der Waals surface area (Å²) in [6.45, 7) is 2.40. The average molecular weight is 369 g/mol. The minimum Gasteiger partial charge on any atom is -0.312 e. The molecule has 0 fully saturated rings. The zero-order valence-electron chi connectivity index (χ0n) is 14.0. The van der Waals surface area contributed by atoms with E-state index in [2.05, 4.69) is 15.2 Å². The van der Waals surface area contributed by atoms with Gasteiger partial charge in [-0.15, -0.1) is 5.10 Å². The van der Waals surface area contributed by atoms with E-state index in [1.54, 1.807) is 17.0 Å². The fraction of sp³-hybridized carbons (Fsp3) is 0.167. The molecular weight excluding hydrogens is 353 g/mol. The number of benzene rings is 2. The SMILES string of the molecule is CCN(C(=O)CSc1n[nH]c2nc3ccccc3n12)c1ccc(F)cc1. The van der Waals surface area contributed by atoms with E-state index in [0.29, 0.717) is 23.2 Å². The van der Waals surface area contributed by atoms with Gasteiger partial charge < -0.3 is 4.90 Å². The minimum absolute atomic E-state index is 0.0651. The monoisotopic (exact) mass is 369 g/mol. The summed E-state index contributed by atoms with van der Waals surface area (Å²) in [6, 6.07) is 13.7. The fourth-order valence-electron chi connectivity index (χ4n) is 2.87. The summed E-state index contributed by atoms with van der Waals surface area (Å²) in [5.41, 5.74) is 2.49. The van der Waals surface area contributed by atoms with Gasteiger partial charge in [-0.05, 0) is 43.3 Å². The van der Waals surface area contributed by atoms with Crippen LogP contribution in [0.5, 0.6) is 0 Å². The molecule has 0 aliphatic heterocycles. The maximum atomic E-state index is 13.1. The van der Waals surface area contributed by atoms with E-state index in [0.717, 1.165) is 11.0 Å². The van der Waals surface area contributed by atoms with Crippen molar-refractivity contribution in [2.45, 2.75) is 12.1 Å². The molecule has 1 amide bonds. The number of anilines is 1. The van der Waals surface area contributed by atoms with Gasteiger partial charge in [0, 0.05) is 12.2 Å². The molecule has 0 saturated heterocycles. The van der Waals surface area contributed by atoms with Crippen molar-refractivity contribution in [1.82, 2.24) is 19.6 Å². The molecule has 8 heteroatoms. The number of imidazole rings is 1. The lowest BCUT2D eigenvalue weighted by Gasteiger charge is -2.20. The Morgan fingerprint density at radius 2 is 2.00 bits per heavy atom. The van der Waals surface area contributed by atoms with Gasteiger partial charge in [-0.2, -0.15) is 0 Å². The molecule has 4 aromatic rings. The van der Waals surface area contributed by atoms with Gasteiger partial charge in [0.25, 0.3) is 0 Å². The highest BCUT2D eigenvalue weighted by Crippen LogP contribution is 2.24. The molecule has 26 heavy (non-hydrogen) atoms. The van der Waals surface area contributed by atoms with Crippen LogP contribution in [0.25, 0.3) is 16.8 Å². The van der Waals surface area contributed by atoms with Crippen LogP contribution in [0.3, 0.4) is 0 Å². The number of carbonyl (C=O) groups excluding carboxylic acids is 1. The Hall–Kier alpha value is -2.87. The number of aromatic nitrogens is 4. The molecule has 2 aromatic heterocycles. The van der Waals surface area contributed by atoms with Gasteiger partial charge in [-0.1, -0.05) is 23.9 Å². The van der Waals surface area contributed by atoms with Crippen molar-refractivity contribution in [2.24, 2.45) is 0 Å². The molecule has 4 rings (SSSR count). The fourth-order valence-corrected chi connectivity index (χ4v) is 3.70. The second-order valence-electron chi connectivity index (χ2n) is 5.67. The average Bonchev–Trinajstić information content (AvgIpc) is 3.21. The van der Waals surface area contributed by atoms with Crippen molar-refractivity contribution in [3.8, 4) is 0 Å². The Balaban J connectivity index is 1.55. The number of fused-ring (bicyclic) bond motifs is 3. The molecule has 2 heterocycles. The van der Waals surface area contributed by atoms with Gasteiger partial charge in [0.2, 0.25) is 11.7 Å². The van der Waals surface area contributed by atoms with Crippen LogP contribution in [0.2, 0.25) is 0 Å². The second kappa shape index (κ2) is 6.80. The van der Waals surface area contributed by atoms with Crippen LogP contribution in [0.1, 0.15) is 6.92 Å². The molecule has 1 N–H and O–H groups in total. The molecule has 132 valence electrons. The van der Waals surface area contributed by atoms with Crippen LogP contribution in [-0.4, -0.2) is 37.8 Å². The highest BCUT2D eigenvalue weighted by atomic mass is 32.2. The largest absolute Gasteiger partial charge is 0.312 e. The summed E-state index contributed by atoms with van der Waals surface area (Å²) >= 11 is 1.34. The number of amides is 1. The molecule has 0 saturated carbocycles. The predicted molar refractivity (Wildman–Crippen MR) is 100.0 cm³/mol. The Bertz CT molecular complexity index is 1070. The van der Waals surface area contributed by atoms with E-state index in [1.807, 2.05) is 35.6 Å². The first-order chi connectivity index (χ1) is 12.7. The Morgan fingerprint density at radius 1 is 1.23 bits per heavy atom. The number of nitrogens with zero attached hydrogens (tertiary/aromatic N) is 4. The van der Waals surface area contributed by atoms with Gasteiger partial charge in [0.1, 0.15) is 5.82 Å². The van der Waals surface area contributed by atoms with E-state index in [4.69, 9.17) is 0 Å². The van der Waals surface area contributed by atoms with Crippen molar-refractivity contribution in [3.05, 3.63) is 54.3 Å². The highest BCUT2D eigenvalue weighted by molar-refractivity contribution is 7.99. The number of rotatable bonds is 5. The maximum absolute atomic E-state index is 13.1. The van der Waals surface area contributed by atoms with Crippen LogP contribution >= 0.6 is 11.8 Å². The number of carbonyl (C=O) groups is 1. The maximum Gasteiger partial charge on any atom is 0.237 e. The van der Waals surface area contributed by atoms with E-state index < -0.39 is 0 Å². The molecule has 0 atom stereocenters. The van der Waals surface area contributed by atoms with E-state index in [-0.39, 0.29) is 17.5 Å². The normalized spacial score (nSPS) is 11.3. The number of para-hydroxylation sites is 2. The number of hydrogen-bond acceptors (Lipinski definition) is 4. The van der Waals surface area contributed by atoms with Crippen molar-refractivity contribution in [2.75, 3.05) is 17.2 Å². The minimum atomic E-state index is -0.322. The Labute approximate surface area is 153 Å². The number of thioether (sulfide) groups is 1. The van der Waals surface area contributed by atoms with E-state index in [1.165, 1.54) is 23.9 Å².